The van der Waals surface area contributed by atoms with E-state index in [9.17, 15) is 26.7 Å². The molecule has 2 aromatic carbocycles. The van der Waals surface area contributed by atoms with Crippen LogP contribution in [0.25, 0.3) is 10.8 Å². The topological polar surface area (TPSA) is 169 Å². The lowest BCUT2D eigenvalue weighted by atomic mass is 10.1. The Morgan fingerprint density at radius 2 is 1.31 bits per heavy atom. The zero-order chi connectivity index (χ0) is 22.6. The van der Waals surface area contributed by atoms with E-state index in [0.29, 0.717) is 11.0 Å². The minimum absolute atomic E-state index is 0.0233. The number of hydrogen-bond acceptors (Lipinski definition) is 7. The number of carboxylic acids is 1. The fourth-order valence-corrected chi connectivity index (χ4v) is 4.00. The van der Waals surface area contributed by atoms with Gasteiger partial charge in [-0.3, -0.25) is 9.11 Å². The van der Waals surface area contributed by atoms with Crippen LogP contribution < -0.4 is 5.11 Å². The number of nitrogens with zero attached hydrogens (tertiary/aromatic N) is 1. The van der Waals surface area contributed by atoms with Crippen LogP contribution in [-0.2, 0) is 25.0 Å². The molecule has 0 heterocycles. The average Bonchev–Trinajstić information content (AvgIpc) is 2.49. The van der Waals surface area contributed by atoms with E-state index in [2.05, 4.69) is 0 Å². The summed E-state index contributed by atoms with van der Waals surface area (Å²) in [5.41, 5.74) is 0. The fourth-order valence-electron chi connectivity index (χ4n) is 2.59. The van der Waals surface area contributed by atoms with Crippen molar-refractivity contribution in [2.45, 2.75) is 22.3 Å². The van der Waals surface area contributed by atoms with Crippen LogP contribution in [0.15, 0.2) is 46.2 Å². The highest BCUT2D eigenvalue weighted by Gasteiger charge is 2.19. The van der Waals surface area contributed by atoms with Crippen molar-refractivity contribution in [2.75, 3.05) is 27.7 Å². The number of carbonyl (C=O) groups is 1. The van der Waals surface area contributed by atoms with E-state index < -0.39 is 42.1 Å². The van der Waals surface area contributed by atoms with Gasteiger partial charge in [0.05, 0.1) is 21.1 Å². The minimum atomic E-state index is -4.47. The summed E-state index contributed by atoms with van der Waals surface area (Å²) in [7, 11) is -3.27. The van der Waals surface area contributed by atoms with Gasteiger partial charge in [0.2, 0.25) is 0 Å². The normalized spacial score (nSPS) is 13.4. The Morgan fingerprint density at radius 3 is 1.59 bits per heavy atom. The second-order valence-corrected chi connectivity index (χ2v) is 10.0. The molecular formula is C17H23NO9S2. The minimum Gasteiger partial charge on any atom is -0.550 e. The number of aliphatic hydroxyl groups excluding tert-OH is 1. The summed E-state index contributed by atoms with van der Waals surface area (Å²) in [6, 6.07) is 7.53. The monoisotopic (exact) mass is 449 g/mol. The van der Waals surface area contributed by atoms with Gasteiger partial charge in [0.25, 0.3) is 20.2 Å². The van der Waals surface area contributed by atoms with Crippen molar-refractivity contribution in [2.24, 2.45) is 0 Å². The Kier molecular flexibility index (Phi) is 7.87. The maximum Gasteiger partial charge on any atom is 0.295 e. The molecular weight excluding hydrogens is 426 g/mol. The van der Waals surface area contributed by atoms with Gasteiger partial charge in [-0.2, -0.15) is 16.8 Å². The third kappa shape index (κ3) is 8.04. The molecule has 162 valence electrons. The standard InChI is InChI=1S/C10H8O6S2.C7H15NO3/c11-17(12,13)9-5-1-3-7-8(9)4-2-6-10(7)18(14,15)16;1-8(2,3)5-6(9)4-7(10)11/h1-6H,(H,11,12,13)(H,14,15,16);6,9H,4-5H2,1-3H3. The Morgan fingerprint density at radius 1 is 0.931 bits per heavy atom. The summed E-state index contributed by atoms with van der Waals surface area (Å²) >= 11 is 0. The number of aliphatic hydroxyl groups is 1. The van der Waals surface area contributed by atoms with Crippen molar-refractivity contribution in [3.63, 3.8) is 0 Å². The van der Waals surface area contributed by atoms with Gasteiger partial charge in [-0.05, 0) is 12.1 Å². The number of rotatable bonds is 6. The van der Waals surface area contributed by atoms with E-state index in [4.69, 9.17) is 14.2 Å². The lowest BCUT2D eigenvalue weighted by Crippen LogP contribution is -2.43. The third-order valence-electron chi connectivity index (χ3n) is 3.56. The molecule has 0 saturated carbocycles. The summed E-state index contributed by atoms with van der Waals surface area (Å²) in [5, 5.41) is 19.2. The Bertz CT molecular complexity index is 1020. The number of quaternary nitrogens is 1. The van der Waals surface area contributed by atoms with Gasteiger partial charge in [0.1, 0.15) is 22.4 Å². The van der Waals surface area contributed by atoms with Gasteiger partial charge < -0.3 is 19.5 Å². The van der Waals surface area contributed by atoms with Crippen LogP contribution in [0.1, 0.15) is 6.42 Å². The molecule has 0 aliphatic rings. The van der Waals surface area contributed by atoms with Crippen LogP contribution in [0, 0.1) is 0 Å². The zero-order valence-electron chi connectivity index (χ0n) is 16.0. The lowest BCUT2D eigenvalue weighted by molar-refractivity contribution is -0.873. The van der Waals surface area contributed by atoms with E-state index in [1.165, 1.54) is 24.3 Å². The highest BCUT2D eigenvalue weighted by molar-refractivity contribution is 7.86. The molecule has 1 atom stereocenters. The molecule has 0 bridgehead atoms. The molecule has 29 heavy (non-hydrogen) atoms. The smallest absolute Gasteiger partial charge is 0.295 e. The van der Waals surface area contributed by atoms with Gasteiger partial charge in [-0.1, -0.05) is 24.3 Å². The van der Waals surface area contributed by atoms with E-state index in [1.807, 2.05) is 21.1 Å². The molecule has 0 aromatic heterocycles. The SMILES string of the molecule is C[N+](C)(C)CC(O)CC(=O)[O-].O=S(=O)(O)c1cccc2c(S(=O)(=O)O)cccc12. The number of hydrogen-bond donors (Lipinski definition) is 3. The van der Waals surface area contributed by atoms with Crippen molar-refractivity contribution in [1.29, 1.82) is 0 Å². The Hall–Kier alpha value is -2.09. The lowest BCUT2D eigenvalue weighted by Gasteiger charge is -2.26. The number of carbonyl (C=O) groups excluding carboxylic acids is 1. The number of likely N-dealkylation sites (N-methyl/N-ethyl adjacent to an activating group) is 1. The van der Waals surface area contributed by atoms with E-state index in [-0.39, 0.29) is 17.2 Å². The predicted octanol–water partition coefficient (Wildman–Crippen LogP) is -0.473. The Balaban J connectivity index is 0.000000331. The highest BCUT2D eigenvalue weighted by atomic mass is 32.2. The van der Waals surface area contributed by atoms with E-state index >= 15 is 0 Å². The average molecular weight is 450 g/mol. The number of benzene rings is 2. The van der Waals surface area contributed by atoms with E-state index in [1.54, 1.807) is 0 Å². The molecule has 0 spiro atoms. The number of carboxylic acid groups (broad SMARTS) is 1. The summed E-state index contributed by atoms with van der Waals surface area (Å²) in [4.78, 5) is 9.19. The first-order valence-corrected chi connectivity index (χ1v) is 11.1. The molecule has 0 fully saturated rings. The summed E-state index contributed by atoms with van der Waals surface area (Å²) in [6.07, 6.45) is -1.09. The summed E-state index contributed by atoms with van der Waals surface area (Å²) < 4.78 is 63.2. The van der Waals surface area contributed by atoms with Crippen molar-refractivity contribution < 1.29 is 45.4 Å². The zero-order valence-corrected chi connectivity index (χ0v) is 17.6. The fraction of sp³-hybridized carbons (Fsp3) is 0.353. The third-order valence-corrected chi connectivity index (χ3v) is 5.38. The molecule has 1 unspecified atom stereocenters. The van der Waals surface area contributed by atoms with E-state index in [0.717, 1.165) is 12.1 Å². The predicted molar refractivity (Wildman–Crippen MR) is 102 cm³/mol. The molecule has 0 aliphatic carbocycles. The highest BCUT2D eigenvalue weighted by Crippen LogP contribution is 2.27. The molecule has 2 rings (SSSR count). The van der Waals surface area contributed by atoms with Crippen LogP contribution >= 0.6 is 0 Å². The molecule has 0 radical (unpaired) electrons. The largest absolute Gasteiger partial charge is 0.550 e. The van der Waals surface area contributed by atoms with Gasteiger partial charge in [0, 0.05) is 23.2 Å². The van der Waals surface area contributed by atoms with Crippen molar-refractivity contribution in [1.82, 2.24) is 0 Å². The molecule has 0 amide bonds. The van der Waals surface area contributed by atoms with Crippen LogP contribution in [0.2, 0.25) is 0 Å². The second kappa shape index (κ2) is 9.15. The molecule has 12 heteroatoms. The summed E-state index contributed by atoms with van der Waals surface area (Å²) in [6.45, 7) is 0.425. The van der Waals surface area contributed by atoms with Crippen LogP contribution in [0.4, 0.5) is 0 Å². The van der Waals surface area contributed by atoms with Gasteiger partial charge in [0.15, 0.2) is 0 Å². The quantitative estimate of drug-likeness (QED) is 0.390. The van der Waals surface area contributed by atoms with Crippen LogP contribution in [0.3, 0.4) is 0 Å². The molecule has 2 aromatic rings. The van der Waals surface area contributed by atoms with Gasteiger partial charge in [-0.25, -0.2) is 0 Å². The maximum absolute atomic E-state index is 11.2. The Labute approximate surface area is 169 Å². The van der Waals surface area contributed by atoms with Crippen LogP contribution in [-0.4, -0.2) is 75.3 Å². The van der Waals surface area contributed by atoms with Crippen molar-refractivity contribution >= 4 is 37.0 Å². The first-order valence-electron chi connectivity index (χ1n) is 8.17. The van der Waals surface area contributed by atoms with Crippen molar-refractivity contribution in [3.8, 4) is 0 Å². The van der Waals surface area contributed by atoms with Gasteiger partial charge in [-0.15, -0.1) is 0 Å². The number of aliphatic carboxylic acids is 1. The number of fused-ring (bicyclic) bond motifs is 1. The molecule has 10 nitrogen and oxygen atoms in total. The van der Waals surface area contributed by atoms with Crippen molar-refractivity contribution in [3.05, 3.63) is 36.4 Å². The maximum atomic E-state index is 11.2. The van der Waals surface area contributed by atoms with Crippen LogP contribution in [0.5, 0.6) is 0 Å². The molecule has 0 aliphatic heterocycles. The first-order chi connectivity index (χ1) is 13.0. The second-order valence-electron chi connectivity index (χ2n) is 7.26. The summed E-state index contributed by atoms with van der Waals surface area (Å²) in [5.74, 6) is -1.20. The molecule has 0 saturated heterocycles. The first kappa shape index (κ1) is 24.9. The molecule has 3 N–H and O–H groups in total. The van der Waals surface area contributed by atoms with Gasteiger partial charge >= 0.3 is 0 Å².